The van der Waals surface area contributed by atoms with Gasteiger partial charge in [-0.15, -0.1) is 0 Å². The molecule has 0 amide bonds. The average Bonchev–Trinajstić information content (AvgIpc) is 3.10. The number of nitrogens with two attached hydrogens (primary N) is 1. The number of benzene rings is 1. The highest BCUT2D eigenvalue weighted by atomic mass is 15.1. The van der Waals surface area contributed by atoms with Crippen LogP contribution in [0.4, 0.5) is 5.69 Å². The first-order valence-corrected chi connectivity index (χ1v) is 6.78. The third kappa shape index (κ3) is 3.74. The Bertz CT molecular complexity index is 338. The fourth-order valence-electron chi connectivity index (χ4n) is 2.24. The van der Waals surface area contributed by atoms with Crippen molar-refractivity contribution in [1.29, 1.82) is 0 Å². The Hall–Kier alpha value is -1.02. The summed E-state index contributed by atoms with van der Waals surface area (Å²) < 4.78 is 0. The summed E-state index contributed by atoms with van der Waals surface area (Å²) in [5.41, 5.74) is 8.51. The van der Waals surface area contributed by atoms with E-state index < -0.39 is 0 Å². The van der Waals surface area contributed by atoms with Gasteiger partial charge in [0.05, 0.1) is 0 Å². The second-order valence-electron chi connectivity index (χ2n) is 5.33. The summed E-state index contributed by atoms with van der Waals surface area (Å²) in [5, 5.41) is 0. The maximum absolute atomic E-state index is 5.81. The standard InChI is InChI=1S/C15H24N2/c1-3-17(11-14-4-5-14)15-8-6-13(7-9-15)10-12(2)16/h6-9,12,14H,3-5,10-11,16H2,1-2H3. The van der Waals surface area contributed by atoms with E-state index in [2.05, 4.69) is 43.0 Å². The van der Waals surface area contributed by atoms with Gasteiger partial charge in [-0.2, -0.15) is 0 Å². The zero-order chi connectivity index (χ0) is 12.3. The van der Waals surface area contributed by atoms with E-state index in [9.17, 15) is 0 Å². The molecule has 1 unspecified atom stereocenters. The van der Waals surface area contributed by atoms with Crippen molar-refractivity contribution in [1.82, 2.24) is 0 Å². The van der Waals surface area contributed by atoms with Crippen LogP contribution in [0.5, 0.6) is 0 Å². The third-order valence-corrected chi connectivity index (χ3v) is 3.42. The van der Waals surface area contributed by atoms with Gasteiger partial charge in [-0.3, -0.25) is 0 Å². The van der Waals surface area contributed by atoms with Crippen LogP contribution in [0, 0.1) is 5.92 Å². The third-order valence-electron chi connectivity index (χ3n) is 3.42. The fraction of sp³-hybridized carbons (Fsp3) is 0.600. The van der Waals surface area contributed by atoms with Gasteiger partial charge in [-0.05, 0) is 56.7 Å². The Morgan fingerprint density at radius 1 is 1.29 bits per heavy atom. The van der Waals surface area contributed by atoms with E-state index in [1.54, 1.807) is 0 Å². The van der Waals surface area contributed by atoms with E-state index in [0.717, 1.165) is 18.9 Å². The van der Waals surface area contributed by atoms with Gasteiger partial charge >= 0.3 is 0 Å². The highest BCUT2D eigenvalue weighted by molar-refractivity contribution is 5.47. The van der Waals surface area contributed by atoms with E-state index in [4.69, 9.17) is 5.73 Å². The molecule has 1 aromatic rings. The lowest BCUT2D eigenvalue weighted by Gasteiger charge is -2.23. The van der Waals surface area contributed by atoms with Crippen molar-refractivity contribution in [3.63, 3.8) is 0 Å². The van der Waals surface area contributed by atoms with Gasteiger partial charge in [0.15, 0.2) is 0 Å². The second kappa shape index (κ2) is 5.54. The first-order chi connectivity index (χ1) is 8.19. The number of hydrogen-bond acceptors (Lipinski definition) is 2. The second-order valence-corrected chi connectivity index (χ2v) is 5.33. The fourth-order valence-corrected chi connectivity index (χ4v) is 2.24. The SMILES string of the molecule is CCN(CC1CC1)c1ccc(CC(C)N)cc1. The predicted octanol–water partition coefficient (Wildman–Crippen LogP) is 2.81. The smallest absolute Gasteiger partial charge is 0.0366 e. The Morgan fingerprint density at radius 2 is 1.94 bits per heavy atom. The molecule has 2 heteroatoms. The average molecular weight is 232 g/mol. The predicted molar refractivity (Wildman–Crippen MR) is 74.4 cm³/mol. The van der Waals surface area contributed by atoms with Gasteiger partial charge in [0.2, 0.25) is 0 Å². The Kier molecular flexibility index (Phi) is 4.06. The zero-order valence-corrected chi connectivity index (χ0v) is 11.0. The lowest BCUT2D eigenvalue weighted by Crippen LogP contribution is -2.25. The minimum Gasteiger partial charge on any atom is -0.372 e. The molecule has 0 spiro atoms. The molecular formula is C15H24N2. The molecule has 2 rings (SSSR count). The Balaban J connectivity index is 1.99. The van der Waals surface area contributed by atoms with Gasteiger partial charge in [0.25, 0.3) is 0 Å². The van der Waals surface area contributed by atoms with Crippen LogP contribution in [-0.4, -0.2) is 19.1 Å². The summed E-state index contributed by atoms with van der Waals surface area (Å²) in [7, 11) is 0. The number of anilines is 1. The molecule has 94 valence electrons. The highest BCUT2D eigenvalue weighted by Crippen LogP contribution is 2.31. The Labute approximate surface area is 105 Å². The summed E-state index contributed by atoms with van der Waals surface area (Å²) in [6, 6.07) is 9.16. The molecule has 1 saturated carbocycles. The van der Waals surface area contributed by atoms with Crippen molar-refractivity contribution in [2.45, 2.75) is 39.2 Å². The summed E-state index contributed by atoms with van der Waals surface area (Å²) in [4.78, 5) is 2.48. The van der Waals surface area contributed by atoms with Crippen LogP contribution in [-0.2, 0) is 6.42 Å². The van der Waals surface area contributed by atoms with Gasteiger partial charge in [0, 0.05) is 24.8 Å². The molecule has 1 aliphatic carbocycles. The van der Waals surface area contributed by atoms with Crippen molar-refractivity contribution in [2.75, 3.05) is 18.0 Å². The summed E-state index contributed by atoms with van der Waals surface area (Å²) in [5.74, 6) is 0.943. The van der Waals surface area contributed by atoms with E-state index in [0.29, 0.717) is 0 Å². The molecule has 0 bridgehead atoms. The molecule has 0 radical (unpaired) electrons. The van der Waals surface area contributed by atoms with Crippen molar-refractivity contribution < 1.29 is 0 Å². The molecule has 0 aromatic heterocycles. The lowest BCUT2D eigenvalue weighted by molar-refractivity contribution is 0.733. The minimum absolute atomic E-state index is 0.245. The molecule has 2 N–H and O–H groups in total. The number of hydrogen-bond donors (Lipinski definition) is 1. The van der Waals surface area contributed by atoms with Crippen molar-refractivity contribution in [3.05, 3.63) is 29.8 Å². The van der Waals surface area contributed by atoms with Crippen LogP contribution in [0.25, 0.3) is 0 Å². The topological polar surface area (TPSA) is 29.3 Å². The van der Waals surface area contributed by atoms with E-state index >= 15 is 0 Å². The molecule has 1 aliphatic rings. The molecule has 0 aliphatic heterocycles. The van der Waals surface area contributed by atoms with E-state index in [1.165, 1.54) is 30.6 Å². The monoisotopic (exact) mass is 232 g/mol. The molecule has 1 atom stereocenters. The number of nitrogens with zero attached hydrogens (tertiary/aromatic N) is 1. The van der Waals surface area contributed by atoms with E-state index in [1.807, 2.05) is 0 Å². The molecule has 1 fully saturated rings. The van der Waals surface area contributed by atoms with Crippen molar-refractivity contribution >= 4 is 5.69 Å². The van der Waals surface area contributed by atoms with Gasteiger partial charge in [-0.1, -0.05) is 12.1 Å². The molecule has 2 nitrogen and oxygen atoms in total. The van der Waals surface area contributed by atoms with Crippen LogP contribution >= 0.6 is 0 Å². The zero-order valence-electron chi connectivity index (χ0n) is 11.0. The van der Waals surface area contributed by atoms with Crippen molar-refractivity contribution in [3.8, 4) is 0 Å². The lowest BCUT2D eigenvalue weighted by atomic mass is 10.1. The molecule has 0 heterocycles. The maximum Gasteiger partial charge on any atom is 0.0366 e. The first-order valence-electron chi connectivity index (χ1n) is 6.78. The maximum atomic E-state index is 5.81. The van der Waals surface area contributed by atoms with Crippen LogP contribution in [0.1, 0.15) is 32.3 Å². The van der Waals surface area contributed by atoms with Crippen LogP contribution in [0.3, 0.4) is 0 Å². The van der Waals surface area contributed by atoms with E-state index in [-0.39, 0.29) is 6.04 Å². The molecule has 0 saturated heterocycles. The quantitative estimate of drug-likeness (QED) is 0.817. The van der Waals surface area contributed by atoms with Gasteiger partial charge in [0.1, 0.15) is 0 Å². The Morgan fingerprint density at radius 3 is 2.41 bits per heavy atom. The minimum atomic E-state index is 0.245. The summed E-state index contributed by atoms with van der Waals surface area (Å²) in [6.07, 6.45) is 3.80. The van der Waals surface area contributed by atoms with Crippen LogP contribution < -0.4 is 10.6 Å². The van der Waals surface area contributed by atoms with Gasteiger partial charge in [-0.25, -0.2) is 0 Å². The molecule has 1 aromatic carbocycles. The van der Waals surface area contributed by atoms with Crippen LogP contribution in [0.15, 0.2) is 24.3 Å². The van der Waals surface area contributed by atoms with Crippen molar-refractivity contribution in [2.24, 2.45) is 11.7 Å². The van der Waals surface area contributed by atoms with Gasteiger partial charge < -0.3 is 10.6 Å². The summed E-state index contributed by atoms with van der Waals surface area (Å²) in [6.45, 7) is 6.61. The highest BCUT2D eigenvalue weighted by Gasteiger charge is 2.23. The summed E-state index contributed by atoms with van der Waals surface area (Å²) >= 11 is 0. The van der Waals surface area contributed by atoms with Crippen LogP contribution in [0.2, 0.25) is 0 Å². The largest absolute Gasteiger partial charge is 0.372 e. The molecule has 17 heavy (non-hydrogen) atoms. The number of rotatable bonds is 6. The first kappa shape index (κ1) is 12.4. The molecular weight excluding hydrogens is 208 g/mol. The normalized spacial score (nSPS) is 16.9.